The number of phenolic OH excluding ortho intramolecular Hbond substituents is 3. The van der Waals surface area contributed by atoms with E-state index in [1.54, 1.807) is 0 Å². The number of aromatic hydroxyl groups is 3. The summed E-state index contributed by atoms with van der Waals surface area (Å²) < 4.78 is 32.4. The van der Waals surface area contributed by atoms with Crippen LogP contribution in [0.3, 0.4) is 0 Å². The molecule has 10 atom stereocenters. The van der Waals surface area contributed by atoms with E-state index in [0.717, 1.165) is 12.1 Å². The van der Waals surface area contributed by atoms with E-state index in [9.17, 15) is 55.5 Å². The molecule has 6 rings (SSSR count). The zero-order valence-corrected chi connectivity index (χ0v) is 21.9. The van der Waals surface area contributed by atoms with Gasteiger partial charge in [-0.3, -0.25) is 0 Å². The molecule has 0 saturated carbocycles. The van der Waals surface area contributed by atoms with Crippen molar-refractivity contribution in [3.63, 3.8) is 0 Å². The molecule has 0 aliphatic carbocycles. The standard InChI is InChI=1S/C26H26O17/c1-5-13(29)16(32)18(34)25(39-5)38-4-10-15(31)17(33)19(35)26(40-10)43-20-9(28)3-7-12-11-6(24(37)42-22(12)20)2-8(27)14(30)21(11)41-23(7)36/h2-3,5,10,13,15-19,25-35H,4H2,1H3. The Hall–Kier alpha value is -3.78. The van der Waals surface area contributed by atoms with Gasteiger partial charge in [0.05, 0.1) is 23.5 Å². The lowest BCUT2D eigenvalue weighted by atomic mass is 9.98. The fourth-order valence-corrected chi connectivity index (χ4v) is 5.29. The third-order valence-corrected chi connectivity index (χ3v) is 7.67. The summed E-state index contributed by atoms with van der Waals surface area (Å²) in [5, 5.41) is 91.8. The van der Waals surface area contributed by atoms with Crippen LogP contribution >= 0.6 is 0 Å². The van der Waals surface area contributed by atoms with Crippen LogP contribution in [0.5, 0.6) is 23.0 Å². The molecule has 10 unspecified atom stereocenters. The Bertz CT molecular complexity index is 1800. The molecule has 0 spiro atoms. The Kier molecular flexibility index (Phi) is 7.11. The number of aliphatic hydroxyl groups is 6. The molecule has 2 fully saturated rings. The molecule has 0 radical (unpaired) electrons. The van der Waals surface area contributed by atoms with E-state index in [4.69, 9.17) is 27.8 Å². The molecule has 2 aromatic carbocycles. The molecule has 4 aromatic rings. The van der Waals surface area contributed by atoms with Crippen molar-refractivity contribution in [1.29, 1.82) is 0 Å². The molecule has 17 heteroatoms. The number of aliphatic hydroxyl groups excluding tert-OH is 6. The molecule has 232 valence electrons. The molecule has 17 nitrogen and oxygen atoms in total. The average Bonchev–Trinajstić information content (AvgIpc) is 2.97. The Balaban J connectivity index is 1.35. The van der Waals surface area contributed by atoms with Gasteiger partial charge >= 0.3 is 11.3 Å². The molecule has 2 saturated heterocycles. The van der Waals surface area contributed by atoms with Crippen molar-refractivity contribution in [3.05, 3.63) is 33.0 Å². The van der Waals surface area contributed by atoms with E-state index in [1.807, 2.05) is 0 Å². The number of phenols is 3. The van der Waals surface area contributed by atoms with Crippen LogP contribution in [0, 0.1) is 0 Å². The SMILES string of the molecule is CC1OC(OCC2OC(Oc3c(O)cc4c(=O)oc5c(O)c(O)cc6c(=O)oc3c4c56)C(O)C(O)C2O)C(O)C(O)C1O. The van der Waals surface area contributed by atoms with Crippen molar-refractivity contribution in [3.8, 4) is 23.0 Å². The second-order valence-corrected chi connectivity index (χ2v) is 10.4. The first kappa shape index (κ1) is 29.3. The van der Waals surface area contributed by atoms with Crippen molar-refractivity contribution in [1.82, 2.24) is 0 Å². The van der Waals surface area contributed by atoms with Gasteiger partial charge in [-0.1, -0.05) is 0 Å². The molecule has 2 aliphatic heterocycles. The molecular weight excluding hydrogens is 584 g/mol. The van der Waals surface area contributed by atoms with Gasteiger partial charge in [0, 0.05) is 10.8 Å². The molecule has 0 amide bonds. The first-order chi connectivity index (χ1) is 20.3. The molecule has 43 heavy (non-hydrogen) atoms. The van der Waals surface area contributed by atoms with Gasteiger partial charge in [-0.05, 0) is 19.1 Å². The second kappa shape index (κ2) is 10.4. The molecule has 4 heterocycles. The first-order valence-electron chi connectivity index (χ1n) is 12.9. The summed E-state index contributed by atoms with van der Waals surface area (Å²) in [5.41, 5.74) is -3.28. The summed E-state index contributed by atoms with van der Waals surface area (Å²) >= 11 is 0. The Morgan fingerprint density at radius 2 is 1.26 bits per heavy atom. The van der Waals surface area contributed by atoms with Gasteiger partial charge in [0.25, 0.3) is 0 Å². The van der Waals surface area contributed by atoms with Crippen LogP contribution in [-0.2, 0) is 14.2 Å². The summed E-state index contributed by atoms with van der Waals surface area (Å²) in [4.78, 5) is 25.5. The normalized spacial score (nSPS) is 33.5. The first-order valence-corrected chi connectivity index (χ1v) is 12.9. The zero-order valence-electron chi connectivity index (χ0n) is 21.9. The van der Waals surface area contributed by atoms with Crippen molar-refractivity contribution >= 4 is 32.7 Å². The molecule has 0 bridgehead atoms. The molecule has 2 aliphatic rings. The summed E-state index contributed by atoms with van der Waals surface area (Å²) in [6.07, 6.45) is -16.1. The summed E-state index contributed by atoms with van der Waals surface area (Å²) in [6, 6.07) is 1.79. The Labute approximate surface area is 237 Å². The van der Waals surface area contributed by atoms with Gasteiger partial charge in [0.1, 0.15) is 42.7 Å². The smallest absolute Gasteiger partial charge is 0.344 e. The van der Waals surface area contributed by atoms with Gasteiger partial charge in [0.2, 0.25) is 17.8 Å². The van der Waals surface area contributed by atoms with Gasteiger partial charge in [-0.15, -0.1) is 0 Å². The highest BCUT2D eigenvalue weighted by atomic mass is 16.7. The number of benzene rings is 2. The van der Waals surface area contributed by atoms with Gasteiger partial charge in [0.15, 0.2) is 29.0 Å². The van der Waals surface area contributed by atoms with Crippen molar-refractivity contribution in [2.75, 3.05) is 6.61 Å². The minimum atomic E-state index is -1.96. The third-order valence-electron chi connectivity index (χ3n) is 7.67. The predicted molar refractivity (Wildman–Crippen MR) is 138 cm³/mol. The highest BCUT2D eigenvalue weighted by Gasteiger charge is 2.47. The third kappa shape index (κ3) is 4.53. The van der Waals surface area contributed by atoms with Crippen LogP contribution in [0.15, 0.2) is 30.6 Å². The zero-order chi connectivity index (χ0) is 31.1. The summed E-state index contributed by atoms with van der Waals surface area (Å²) in [6.45, 7) is 0.812. The number of hydrogen-bond acceptors (Lipinski definition) is 17. The Morgan fingerprint density at radius 1 is 0.698 bits per heavy atom. The largest absolute Gasteiger partial charge is 0.504 e. The monoisotopic (exact) mass is 610 g/mol. The van der Waals surface area contributed by atoms with Crippen LogP contribution in [-0.4, -0.2) is 114 Å². The van der Waals surface area contributed by atoms with Crippen LogP contribution < -0.4 is 16.0 Å². The summed E-state index contributed by atoms with van der Waals surface area (Å²) in [7, 11) is 0. The summed E-state index contributed by atoms with van der Waals surface area (Å²) in [5.74, 6) is -3.05. The van der Waals surface area contributed by atoms with Crippen molar-refractivity contribution in [2.45, 2.75) is 68.3 Å². The van der Waals surface area contributed by atoms with Crippen LogP contribution in [0.2, 0.25) is 0 Å². The second-order valence-electron chi connectivity index (χ2n) is 10.4. The van der Waals surface area contributed by atoms with Gasteiger partial charge in [-0.25, -0.2) is 9.59 Å². The van der Waals surface area contributed by atoms with E-state index in [0.29, 0.717) is 0 Å². The van der Waals surface area contributed by atoms with Crippen LogP contribution in [0.1, 0.15) is 6.92 Å². The lowest BCUT2D eigenvalue weighted by Gasteiger charge is -2.42. The predicted octanol–water partition coefficient (Wildman–Crippen LogP) is -2.36. The number of ether oxygens (including phenoxy) is 4. The van der Waals surface area contributed by atoms with Crippen molar-refractivity contribution in [2.24, 2.45) is 0 Å². The number of hydrogen-bond donors (Lipinski definition) is 9. The van der Waals surface area contributed by atoms with E-state index in [1.165, 1.54) is 6.92 Å². The molecule has 9 N–H and O–H groups in total. The quantitative estimate of drug-likeness (QED) is 0.0649. The van der Waals surface area contributed by atoms with Gasteiger partial charge < -0.3 is 73.7 Å². The minimum absolute atomic E-state index is 0.152. The van der Waals surface area contributed by atoms with Crippen LogP contribution in [0.4, 0.5) is 0 Å². The molecular formula is C26H26O17. The topological polar surface area (TPSA) is 279 Å². The maximum Gasteiger partial charge on any atom is 0.344 e. The fourth-order valence-electron chi connectivity index (χ4n) is 5.29. The minimum Gasteiger partial charge on any atom is -0.504 e. The Morgan fingerprint density at radius 3 is 1.93 bits per heavy atom. The highest BCUT2D eigenvalue weighted by Crippen LogP contribution is 2.45. The lowest BCUT2D eigenvalue weighted by molar-refractivity contribution is -0.318. The average molecular weight is 610 g/mol. The van der Waals surface area contributed by atoms with Crippen molar-refractivity contribution < 1.29 is 73.7 Å². The van der Waals surface area contributed by atoms with Gasteiger partial charge in [-0.2, -0.15) is 0 Å². The van der Waals surface area contributed by atoms with Crippen LogP contribution in [0.25, 0.3) is 32.7 Å². The van der Waals surface area contributed by atoms with E-state index in [2.05, 4.69) is 0 Å². The molecule has 2 aromatic heterocycles. The maximum atomic E-state index is 12.8. The van der Waals surface area contributed by atoms with E-state index < -0.39 is 113 Å². The maximum absolute atomic E-state index is 12.8. The lowest BCUT2D eigenvalue weighted by Crippen LogP contribution is -2.61. The fraction of sp³-hybridized carbons (Fsp3) is 0.462. The number of rotatable bonds is 5. The van der Waals surface area contributed by atoms with E-state index >= 15 is 0 Å². The van der Waals surface area contributed by atoms with E-state index in [-0.39, 0.29) is 21.5 Å². The highest BCUT2D eigenvalue weighted by molar-refractivity contribution is 6.22.